The highest BCUT2D eigenvalue weighted by molar-refractivity contribution is 7.99. The largest absolute Gasteiger partial charge is 0.354 e. The molecule has 0 heterocycles. The predicted octanol–water partition coefficient (Wildman–Crippen LogP) is 5.87. The minimum absolute atomic E-state index is 0.0816. The third kappa shape index (κ3) is 8.40. The van der Waals surface area contributed by atoms with Crippen LogP contribution in [-0.2, 0) is 21.9 Å². The van der Waals surface area contributed by atoms with Crippen molar-refractivity contribution in [2.45, 2.75) is 52.0 Å². The van der Waals surface area contributed by atoms with Gasteiger partial charge < -0.3 is 10.2 Å². The summed E-state index contributed by atoms with van der Waals surface area (Å²) in [4.78, 5) is 27.4. The number of rotatable bonds is 11. The van der Waals surface area contributed by atoms with Crippen LogP contribution in [0.15, 0.2) is 42.5 Å². The molecule has 168 valence electrons. The molecule has 0 bridgehead atoms. The number of hydrogen-bond acceptors (Lipinski definition) is 3. The molecule has 1 atom stereocenters. The van der Waals surface area contributed by atoms with Crippen LogP contribution in [0.1, 0.15) is 43.4 Å². The van der Waals surface area contributed by atoms with Crippen LogP contribution in [0.3, 0.4) is 0 Å². The monoisotopic (exact) mass is 480 g/mol. The molecule has 7 heteroatoms. The summed E-state index contributed by atoms with van der Waals surface area (Å²) in [5.41, 5.74) is 3.21. The van der Waals surface area contributed by atoms with Gasteiger partial charge >= 0.3 is 0 Å². The van der Waals surface area contributed by atoms with Crippen molar-refractivity contribution in [3.63, 3.8) is 0 Å². The summed E-state index contributed by atoms with van der Waals surface area (Å²) in [5.74, 6) is 0.805. The van der Waals surface area contributed by atoms with Crippen molar-refractivity contribution >= 4 is 46.8 Å². The lowest BCUT2D eigenvalue weighted by atomic mass is 10.1. The van der Waals surface area contributed by atoms with E-state index >= 15 is 0 Å². The van der Waals surface area contributed by atoms with Gasteiger partial charge in [-0.1, -0.05) is 72.4 Å². The molecule has 4 nitrogen and oxygen atoms in total. The van der Waals surface area contributed by atoms with E-state index in [0.29, 0.717) is 28.9 Å². The number of nitrogens with one attached hydrogen (secondary N) is 1. The van der Waals surface area contributed by atoms with Gasteiger partial charge in [0.2, 0.25) is 11.8 Å². The highest BCUT2D eigenvalue weighted by atomic mass is 35.5. The van der Waals surface area contributed by atoms with Crippen LogP contribution in [0.25, 0.3) is 0 Å². The number of hydrogen-bond donors (Lipinski definition) is 1. The predicted molar refractivity (Wildman–Crippen MR) is 132 cm³/mol. The van der Waals surface area contributed by atoms with Crippen molar-refractivity contribution in [1.29, 1.82) is 0 Å². The molecule has 0 aliphatic heterocycles. The molecule has 2 aromatic rings. The summed E-state index contributed by atoms with van der Waals surface area (Å²) in [5, 5.41) is 3.82. The lowest BCUT2D eigenvalue weighted by molar-refractivity contribution is -0.138. The van der Waals surface area contributed by atoms with E-state index in [9.17, 15) is 9.59 Å². The third-order valence-electron chi connectivity index (χ3n) is 4.91. The van der Waals surface area contributed by atoms with Crippen LogP contribution in [0.2, 0.25) is 10.0 Å². The molecular weight excluding hydrogens is 451 g/mol. The number of aryl methyl sites for hydroxylation is 1. The molecule has 0 aliphatic carbocycles. The summed E-state index contributed by atoms with van der Waals surface area (Å²) >= 11 is 13.7. The quantitative estimate of drug-likeness (QED) is 0.409. The number of thioether (sulfide) groups is 1. The summed E-state index contributed by atoms with van der Waals surface area (Å²) in [6, 6.07) is 12.9. The first-order valence-electron chi connectivity index (χ1n) is 10.5. The smallest absolute Gasteiger partial charge is 0.242 e. The standard InChI is InChI=1S/C24H30Cl2N2O2S/c1-4-5-11-27-24(30)18(3)28(14-19-9-10-21(25)22(26)13-19)23(29)16-31-15-20-8-6-7-17(2)12-20/h6-10,12-13,18H,4-5,11,14-16H2,1-3H3,(H,27,30). The van der Waals surface area contributed by atoms with Gasteiger partial charge in [-0.2, -0.15) is 0 Å². The molecule has 2 aromatic carbocycles. The summed E-state index contributed by atoms with van der Waals surface area (Å²) in [6.45, 7) is 6.79. The van der Waals surface area contributed by atoms with Crippen molar-refractivity contribution < 1.29 is 9.59 Å². The van der Waals surface area contributed by atoms with E-state index in [1.165, 1.54) is 11.1 Å². The van der Waals surface area contributed by atoms with E-state index in [2.05, 4.69) is 37.4 Å². The lowest BCUT2D eigenvalue weighted by Gasteiger charge is -2.29. The van der Waals surface area contributed by atoms with Crippen molar-refractivity contribution in [3.8, 4) is 0 Å². The SMILES string of the molecule is CCCCNC(=O)C(C)N(Cc1ccc(Cl)c(Cl)c1)C(=O)CSCc1cccc(C)c1. The number of halogens is 2. The van der Waals surface area contributed by atoms with E-state index < -0.39 is 6.04 Å². The molecule has 0 saturated carbocycles. The second-order valence-corrected chi connectivity index (χ2v) is 9.37. The molecule has 2 amide bonds. The van der Waals surface area contributed by atoms with E-state index in [1.807, 2.05) is 12.1 Å². The summed E-state index contributed by atoms with van der Waals surface area (Å²) in [7, 11) is 0. The van der Waals surface area contributed by atoms with Gasteiger partial charge in [0.25, 0.3) is 0 Å². The average Bonchev–Trinajstić information content (AvgIpc) is 2.74. The maximum atomic E-state index is 13.1. The molecule has 0 radical (unpaired) electrons. The van der Waals surface area contributed by atoms with Crippen LogP contribution in [0.4, 0.5) is 0 Å². The number of unbranched alkanes of at least 4 members (excludes halogenated alkanes) is 1. The maximum absolute atomic E-state index is 13.1. The first-order chi connectivity index (χ1) is 14.8. The van der Waals surface area contributed by atoms with E-state index in [1.54, 1.807) is 35.7 Å². The Morgan fingerprint density at radius 2 is 1.87 bits per heavy atom. The number of nitrogens with zero attached hydrogens (tertiary/aromatic N) is 1. The van der Waals surface area contributed by atoms with Gasteiger partial charge in [-0.3, -0.25) is 9.59 Å². The Hall–Kier alpha value is -1.69. The van der Waals surface area contributed by atoms with Crippen LogP contribution >= 0.6 is 35.0 Å². The lowest BCUT2D eigenvalue weighted by Crippen LogP contribution is -2.48. The fraction of sp³-hybridized carbons (Fsp3) is 0.417. The summed E-state index contributed by atoms with van der Waals surface area (Å²) in [6.07, 6.45) is 1.90. The van der Waals surface area contributed by atoms with Gasteiger partial charge in [0.1, 0.15) is 6.04 Å². The van der Waals surface area contributed by atoms with Crippen molar-refractivity contribution in [3.05, 3.63) is 69.2 Å². The summed E-state index contributed by atoms with van der Waals surface area (Å²) < 4.78 is 0. The molecule has 2 rings (SSSR count). The number of carbonyl (C=O) groups excluding carboxylic acids is 2. The molecule has 1 unspecified atom stereocenters. The Bertz CT molecular complexity index is 892. The number of amides is 2. The fourth-order valence-corrected chi connectivity index (χ4v) is 4.27. The zero-order valence-corrected chi connectivity index (χ0v) is 20.6. The van der Waals surface area contributed by atoms with Gasteiger partial charge in [0.05, 0.1) is 15.8 Å². The Morgan fingerprint density at radius 1 is 1.10 bits per heavy atom. The van der Waals surface area contributed by atoms with Crippen LogP contribution in [0.5, 0.6) is 0 Å². The molecule has 1 N–H and O–H groups in total. The van der Waals surface area contributed by atoms with Crippen molar-refractivity contribution in [2.75, 3.05) is 12.3 Å². The fourth-order valence-electron chi connectivity index (χ4n) is 3.09. The van der Waals surface area contributed by atoms with Gasteiger partial charge in [-0.25, -0.2) is 0 Å². The first-order valence-corrected chi connectivity index (χ1v) is 12.4. The van der Waals surface area contributed by atoms with E-state index in [-0.39, 0.29) is 11.8 Å². The molecule has 0 fully saturated rings. The third-order valence-corrected chi connectivity index (χ3v) is 6.64. The van der Waals surface area contributed by atoms with Crippen molar-refractivity contribution in [1.82, 2.24) is 10.2 Å². The maximum Gasteiger partial charge on any atom is 0.242 e. The Labute approximate surface area is 199 Å². The van der Waals surface area contributed by atoms with Crippen molar-refractivity contribution in [2.24, 2.45) is 0 Å². The average molecular weight is 481 g/mol. The number of carbonyl (C=O) groups is 2. The Balaban J connectivity index is 2.07. The molecule has 0 saturated heterocycles. The highest BCUT2D eigenvalue weighted by Gasteiger charge is 2.26. The zero-order valence-electron chi connectivity index (χ0n) is 18.3. The van der Waals surface area contributed by atoms with Crippen LogP contribution in [0, 0.1) is 6.92 Å². The Kier molecular flexibility index (Phi) is 10.7. The van der Waals surface area contributed by atoms with E-state index in [0.717, 1.165) is 24.2 Å². The minimum atomic E-state index is -0.585. The van der Waals surface area contributed by atoms with Crippen LogP contribution in [-0.4, -0.2) is 35.1 Å². The van der Waals surface area contributed by atoms with Gasteiger partial charge in [0, 0.05) is 18.8 Å². The number of benzene rings is 2. The Morgan fingerprint density at radius 3 is 2.55 bits per heavy atom. The second kappa shape index (κ2) is 13.0. The normalized spacial score (nSPS) is 11.8. The van der Waals surface area contributed by atoms with Gasteiger partial charge in [-0.05, 0) is 43.5 Å². The minimum Gasteiger partial charge on any atom is -0.354 e. The van der Waals surface area contributed by atoms with Crippen LogP contribution < -0.4 is 5.32 Å². The first kappa shape index (κ1) is 25.6. The molecule has 0 aliphatic rings. The topological polar surface area (TPSA) is 49.4 Å². The van der Waals surface area contributed by atoms with E-state index in [4.69, 9.17) is 23.2 Å². The highest BCUT2D eigenvalue weighted by Crippen LogP contribution is 2.24. The molecule has 0 spiro atoms. The zero-order chi connectivity index (χ0) is 22.8. The molecule has 31 heavy (non-hydrogen) atoms. The van der Waals surface area contributed by atoms with Gasteiger partial charge in [-0.15, -0.1) is 11.8 Å². The molecular formula is C24H30Cl2N2O2S. The second-order valence-electron chi connectivity index (χ2n) is 7.57. The van der Waals surface area contributed by atoms with Gasteiger partial charge in [0.15, 0.2) is 0 Å². The molecule has 0 aromatic heterocycles.